The van der Waals surface area contributed by atoms with E-state index < -0.39 is 5.97 Å². The van der Waals surface area contributed by atoms with Crippen LogP contribution < -0.4 is 10.5 Å². The molecule has 0 aromatic heterocycles. The Hall–Kier alpha value is -2.49. The van der Waals surface area contributed by atoms with Crippen LogP contribution in [-0.4, -0.2) is 11.1 Å². The van der Waals surface area contributed by atoms with E-state index in [9.17, 15) is 4.79 Å². The van der Waals surface area contributed by atoms with E-state index in [-0.39, 0.29) is 11.7 Å². The van der Waals surface area contributed by atoms with Gasteiger partial charge in [0.2, 0.25) is 0 Å². The lowest BCUT2D eigenvalue weighted by Crippen LogP contribution is -2.06. The predicted octanol–water partition coefficient (Wildman–Crippen LogP) is 3.11. The molecule has 1 unspecified atom stereocenters. The Bertz CT molecular complexity index is 581. The number of ether oxygens (including phenoxy) is 1. The summed E-state index contributed by atoms with van der Waals surface area (Å²) < 4.78 is 5.73. The number of benzene rings is 2. The maximum Gasteiger partial charge on any atom is 0.335 e. The van der Waals surface area contributed by atoms with Gasteiger partial charge in [0, 0.05) is 0 Å². The van der Waals surface area contributed by atoms with Crippen LogP contribution in [0, 0.1) is 0 Å². The van der Waals surface area contributed by atoms with E-state index in [1.165, 1.54) is 18.2 Å². The summed E-state index contributed by atoms with van der Waals surface area (Å²) >= 11 is 0. The quantitative estimate of drug-likeness (QED) is 0.825. The van der Waals surface area contributed by atoms with Crippen molar-refractivity contribution in [1.82, 2.24) is 0 Å². The fraction of sp³-hybridized carbons (Fsp3) is 0.133. The van der Waals surface area contributed by atoms with Gasteiger partial charge in [-0.3, -0.25) is 0 Å². The van der Waals surface area contributed by atoms with Crippen molar-refractivity contribution < 1.29 is 14.6 Å². The Morgan fingerprint density at radius 3 is 2.53 bits per heavy atom. The third kappa shape index (κ3) is 3.04. The Morgan fingerprint density at radius 2 is 1.89 bits per heavy atom. The summed E-state index contributed by atoms with van der Waals surface area (Å²) in [5.74, 6) is -0.617. The molecule has 2 rings (SSSR count). The summed E-state index contributed by atoms with van der Waals surface area (Å²) in [4.78, 5) is 10.9. The zero-order valence-corrected chi connectivity index (χ0v) is 10.5. The summed E-state index contributed by atoms with van der Waals surface area (Å²) in [6, 6.07) is 14.1. The number of hydrogen-bond donors (Lipinski definition) is 2. The molecule has 98 valence electrons. The van der Waals surface area contributed by atoms with Gasteiger partial charge in [-0.05, 0) is 30.7 Å². The van der Waals surface area contributed by atoms with Crippen molar-refractivity contribution in [2.45, 2.75) is 13.0 Å². The molecule has 0 heterocycles. The van der Waals surface area contributed by atoms with Crippen LogP contribution >= 0.6 is 0 Å². The molecule has 0 aliphatic rings. The van der Waals surface area contributed by atoms with Crippen LogP contribution in [0.5, 0.6) is 5.75 Å². The summed E-state index contributed by atoms with van der Waals surface area (Å²) in [7, 11) is 0. The van der Waals surface area contributed by atoms with Crippen molar-refractivity contribution in [2.24, 2.45) is 0 Å². The van der Waals surface area contributed by atoms with Gasteiger partial charge in [-0.25, -0.2) is 4.79 Å². The fourth-order valence-electron chi connectivity index (χ4n) is 1.75. The number of anilines is 1. The minimum Gasteiger partial charge on any atom is -0.484 e. The van der Waals surface area contributed by atoms with Gasteiger partial charge < -0.3 is 15.6 Å². The topological polar surface area (TPSA) is 72.5 Å². The van der Waals surface area contributed by atoms with Crippen molar-refractivity contribution >= 4 is 11.7 Å². The van der Waals surface area contributed by atoms with Crippen LogP contribution in [-0.2, 0) is 0 Å². The molecule has 2 aromatic carbocycles. The number of rotatable bonds is 4. The van der Waals surface area contributed by atoms with Crippen LogP contribution in [0.25, 0.3) is 0 Å². The first-order valence-electron chi connectivity index (χ1n) is 5.92. The van der Waals surface area contributed by atoms with E-state index in [0.717, 1.165) is 5.56 Å². The van der Waals surface area contributed by atoms with Crippen LogP contribution in [0.15, 0.2) is 48.5 Å². The highest BCUT2D eigenvalue weighted by molar-refractivity contribution is 5.89. The van der Waals surface area contributed by atoms with Gasteiger partial charge in [-0.2, -0.15) is 0 Å². The van der Waals surface area contributed by atoms with Crippen molar-refractivity contribution in [3.8, 4) is 5.75 Å². The van der Waals surface area contributed by atoms with Crippen molar-refractivity contribution in [3.63, 3.8) is 0 Å². The molecule has 0 fully saturated rings. The minimum atomic E-state index is -1.00. The second kappa shape index (κ2) is 5.44. The first-order valence-corrected chi connectivity index (χ1v) is 5.92. The standard InChI is InChI=1S/C15H15NO3/c1-10(11-5-3-2-4-6-11)19-14-9-12(15(17)18)7-8-13(14)16/h2-10H,16H2,1H3,(H,17,18). The summed E-state index contributed by atoms with van der Waals surface area (Å²) in [6.07, 6.45) is -0.201. The number of aromatic carboxylic acids is 1. The number of nitrogens with two attached hydrogens (primary N) is 1. The molecule has 2 aromatic rings. The smallest absolute Gasteiger partial charge is 0.335 e. The number of carboxylic acids is 1. The highest BCUT2D eigenvalue weighted by Crippen LogP contribution is 2.28. The Kier molecular flexibility index (Phi) is 3.71. The van der Waals surface area contributed by atoms with Crippen LogP contribution in [0.1, 0.15) is 28.9 Å². The molecule has 0 bridgehead atoms. The lowest BCUT2D eigenvalue weighted by atomic mass is 10.1. The molecule has 4 heteroatoms. The number of carbonyl (C=O) groups is 1. The molecule has 0 spiro atoms. The molecule has 0 saturated carbocycles. The van der Waals surface area contributed by atoms with Gasteiger partial charge in [-0.1, -0.05) is 30.3 Å². The van der Waals surface area contributed by atoms with Crippen LogP contribution in [0.3, 0.4) is 0 Å². The Balaban J connectivity index is 2.23. The molecular formula is C15H15NO3. The average molecular weight is 257 g/mol. The van der Waals surface area contributed by atoms with E-state index in [4.69, 9.17) is 15.6 Å². The Morgan fingerprint density at radius 1 is 1.21 bits per heavy atom. The monoisotopic (exact) mass is 257 g/mol. The van der Waals surface area contributed by atoms with Gasteiger partial charge in [0.25, 0.3) is 0 Å². The first-order chi connectivity index (χ1) is 9.08. The Labute approximate surface area is 111 Å². The predicted molar refractivity (Wildman–Crippen MR) is 73.3 cm³/mol. The highest BCUT2D eigenvalue weighted by atomic mass is 16.5. The highest BCUT2D eigenvalue weighted by Gasteiger charge is 2.12. The second-order valence-corrected chi connectivity index (χ2v) is 4.23. The van der Waals surface area contributed by atoms with Gasteiger partial charge in [0.1, 0.15) is 11.9 Å². The molecule has 0 amide bonds. The number of carboxylic acid groups (broad SMARTS) is 1. The zero-order valence-electron chi connectivity index (χ0n) is 10.5. The third-order valence-corrected chi connectivity index (χ3v) is 2.83. The zero-order chi connectivity index (χ0) is 13.8. The molecule has 0 aliphatic carbocycles. The van der Waals surface area contributed by atoms with Crippen molar-refractivity contribution in [3.05, 3.63) is 59.7 Å². The van der Waals surface area contributed by atoms with Crippen molar-refractivity contribution in [1.29, 1.82) is 0 Å². The molecule has 0 radical (unpaired) electrons. The van der Waals surface area contributed by atoms with Crippen LogP contribution in [0.4, 0.5) is 5.69 Å². The molecule has 0 saturated heterocycles. The van der Waals surface area contributed by atoms with Gasteiger partial charge >= 0.3 is 5.97 Å². The summed E-state index contributed by atoms with van der Waals surface area (Å²) in [5.41, 5.74) is 7.38. The lowest BCUT2D eigenvalue weighted by molar-refractivity contribution is 0.0696. The van der Waals surface area contributed by atoms with E-state index in [2.05, 4.69) is 0 Å². The lowest BCUT2D eigenvalue weighted by Gasteiger charge is -2.16. The van der Waals surface area contributed by atoms with E-state index in [1.807, 2.05) is 37.3 Å². The second-order valence-electron chi connectivity index (χ2n) is 4.23. The minimum absolute atomic E-state index is 0.157. The van der Waals surface area contributed by atoms with E-state index in [1.54, 1.807) is 0 Å². The normalized spacial score (nSPS) is 11.8. The summed E-state index contributed by atoms with van der Waals surface area (Å²) in [6.45, 7) is 1.89. The molecule has 1 atom stereocenters. The third-order valence-electron chi connectivity index (χ3n) is 2.83. The molecule has 3 N–H and O–H groups in total. The van der Waals surface area contributed by atoms with E-state index >= 15 is 0 Å². The van der Waals surface area contributed by atoms with Crippen LogP contribution in [0.2, 0.25) is 0 Å². The fourth-order valence-corrected chi connectivity index (χ4v) is 1.75. The molecule has 19 heavy (non-hydrogen) atoms. The number of nitrogen functional groups attached to an aromatic ring is 1. The molecule has 0 aliphatic heterocycles. The number of hydrogen-bond acceptors (Lipinski definition) is 3. The molecular weight excluding hydrogens is 242 g/mol. The van der Waals surface area contributed by atoms with Crippen molar-refractivity contribution in [2.75, 3.05) is 5.73 Å². The average Bonchev–Trinajstić information content (AvgIpc) is 2.42. The van der Waals surface area contributed by atoms with Gasteiger partial charge in [0.05, 0.1) is 11.3 Å². The van der Waals surface area contributed by atoms with E-state index in [0.29, 0.717) is 11.4 Å². The summed E-state index contributed by atoms with van der Waals surface area (Å²) in [5, 5.41) is 8.95. The maximum absolute atomic E-state index is 10.9. The molecule has 4 nitrogen and oxygen atoms in total. The maximum atomic E-state index is 10.9. The van der Waals surface area contributed by atoms with Gasteiger partial charge in [-0.15, -0.1) is 0 Å². The largest absolute Gasteiger partial charge is 0.484 e. The van der Waals surface area contributed by atoms with Gasteiger partial charge in [0.15, 0.2) is 0 Å². The first kappa shape index (κ1) is 13.0. The SMILES string of the molecule is CC(Oc1cc(C(=O)O)ccc1N)c1ccccc1.